The van der Waals surface area contributed by atoms with Crippen LogP contribution in [0, 0.1) is 12.7 Å². The number of amides is 1. The van der Waals surface area contributed by atoms with Crippen LogP contribution in [0.15, 0.2) is 6.20 Å². The fraction of sp³-hybridized carbons (Fsp3) is 0.250. The minimum Gasteiger partial charge on any atom is -0.364 e. The van der Waals surface area contributed by atoms with E-state index in [4.69, 9.17) is 5.73 Å². The van der Waals surface area contributed by atoms with Crippen molar-refractivity contribution in [3.63, 3.8) is 0 Å². The number of rotatable bonds is 2. The van der Waals surface area contributed by atoms with Crippen molar-refractivity contribution < 1.29 is 18.0 Å². The lowest BCUT2D eigenvalue weighted by molar-refractivity contribution is 0.0976. The molecule has 0 aliphatic carbocycles. The Morgan fingerprint density at radius 1 is 1.57 bits per heavy atom. The molecule has 14 heavy (non-hydrogen) atoms. The summed E-state index contributed by atoms with van der Waals surface area (Å²) in [6.45, 7) is 1.28. The minimum absolute atomic E-state index is 0.0506. The molecule has 1 rings (SSSR count). The first kappa shape index (κ1) is 10.5. The molecular weight excluding hydrogens is 197 g/mol. The molecule has 0 atom stereocenters. The standard InChI is InChI=1S/C8H7F3N2O/c1-3-2-13-6(8(12)14)4(5(3)9)7(10)11/h2,7H,1H3,(H2,12,14). The van der Waals surface area contributed by atoms with Gasteiger partial charge in [-0.3, -0.25) is 9.78 Å². The molecule has 1 aromatic heterocycles. The van der Waals surface area contributed by atoms with Crippen LogP contribution >= 0.6 is 0 Å². The third kappa shape index (κ3) is 1.68. The average Bonchev–Trinajstić information content (AvgIpc) is 2.08. The summed E-state index contributed by atoms with van der Waals surface area (Å²) in [5.74, 6) is -2.30. The summed E-state index contributed by atoms with van der Waals surface area (Å²) in [7, 11) is 0. The Bertz CT molecular complexity index is 379. The van der Waals surface area contributed by atoms with Gasteiger partial charge in [0, 0.05) is 11.8 Å². The van der Waals surface area contributed by atoms with Crippen LogP contribution in [0.1, 0.15) is 28.0 Å². The van der Waals surface area contributed by atoms with E-state index in [0.717, 1.165) is 6.20 Å². The highest BCUT2D eigenvalue weighted by molar-refractivity contribution is 5.92. The smallest absolute Gasteiger partial charge is 0.268 e. The highest BCUT2D eigenvalue weighted by Crippen LogP contribution is 2.25. The van der Waals surface area contributed by atoms with Crippen molar-refractivity contribution in [2.24, 2.45) is 5.73 Å². The van der Waals surface area contributed by atoms with Crippen molar-refractivity contribution in [2.45, 2.75) is 13.3 Å². The van der Waals surface area contributed by atoms with Crippen LogP contribution in [-0.4, -0.2) is 10.9 Å². The third-order valence-corrected chi connectivity index (χ3v) is 1.68. The Morgan fingerprint density at radius 2 is 2.14 bits per heavy atom. The van der Waals surface area contributed by atoms with E-state index in [1.165, 1.54) is 6.92 Å². The number of hydrogen-bond donors (Lipinski definition) is 1. The Balaban J connectivity index is 3.45. The van der Waals surface area contributed by atoms with Crippen LogP contribution in [0.3, 0.4) is 0 Å². The quantitative estimate of drug-likeness (QED) is 0.794. The van der Waals surface area contributed by atoms with Crippen molar-refractivity contribution in [1.29, 1.82) is 0 Å². The van der Waals surface area contributed by atoms with Crippen molar-refractivity contribution in [1.82, 2.24) is 4.98 Å². The molecule has 0 spiro atoms. The summed E-state index contributed by atoms with van der Waals surface area (Å²) in [5, 5.41) is 0. The van der Waals surface area contributed by atoms with E-state index >= 15 is 0 Å². The maximum absolute atomic E-state index is 13.1. The van der Waals surface area contributed by atoms with E-state index in [9.17, 15) is 18.0 Å². The minimum atomic E-state index is -3.11. The molecule has 1 amide bonds. The van der Waals surface area contributed by atoms with Crippen LogP contribution in [0.2, 0.25) is 0 Å². The number of aryl methyl sites for hydroxylation is 1. The van der Waals surface area contributed by atoms with Crippen LogP contribution < -0.4 is 5.73 Å². The number of hydrogen-bond acceptors (Lipinski definition) is 2. The van der Waals surface area contributed by atoms with Crippen LogP contribution in [0.5, 0.6) is 0 Å². The van der Waals surface area contributed by atoms with Crippen molar-refractivity contribution in [2.75, 3.05) is 0 Å². The fourth-order valence-electron chi connectivity index (χ4n) is 0.999. The van der Waals surface area contributed by atoms with Crippen LogP contribution in [0.4, 0.5) is 13.2 Å². The van der Waals surface area contributed by atoms with Crippen molar-refractivity contribution in [3.8, 4) is 0 Å². The molecule has 6 heteroatoms. The van der Waals surface area contributed by atoms with Crippen LogP contribution in [-0.2, 0) is 0 Å². The molecule has 0 bridgehead atoms. The van der Waals surface area contributed by atoms with Gasteiger partial charge in [-0.25, -0.2) is 13.2 Å². The van der Waals surface area contributed by atoms with E-state index in [1.54, 1.807) is 0 Å². The van der Waals surface area contributed by atoms with Gasteiger partial charge < -0.3 is 5.73 Å². The zero-order valence-corrected chi connectivity index (χ0v) is 7.22. The summed E-state index contributed by atoms with van der Waals surface area (Å²) < 4.78 is 37.8. The lowest BCUT2D eigenvalue weighted by atomic mass is 10.1. The van der Waals surface area contributed by atoms with Gasteiger partial charge in [0.05, 0.1) is 5.56 Å². The molecule has 1 heterocycles. The van der Waals surface area contributed by atoms with Crippen LogP contribution in [0.25, 0.3) is 0 Å². The topological polar surface area (TPSA) is 56.0 Å². The van der Waals surface area contributed by atoms with E-state index < -0.39 is 29.4 Å². The first-order valence-electron chi connectivity index (χ1n) is 3.68. The largest absolute Gasteiger partial charge is 0.364 e. The first-order chi connectivity index (χ1) is 6.45. The van der Waals surface area contributed by atoms with E-state index in [1.807, 2.05) is 0 Å². The molecule has 0 unspecified atom stereocenters. The van der Waals surface area contributed by atoms with Gasteiger partial charge in [-0.15, -0.1) is 0 Å². The van der Waals surface area contributed by atoms with Gasteiger partial charge in [-0.1, -0.05) is 0 Å². The molecule has 0 radical (unpaired) electrons. The Labute approximate surface area is 77.7 Å². The summed E-state index contributed by atoms with van der Waals surface area (Å²) >= 11 is 0. The molecule has 0 aliphatic heterocycles. The number of pyridine rings is 1. The molecule has 0 aromatic carbocycles. The number of aromatic nitrogens is 1. The molecule has 0 aliphatic rings. The van der Waals surface area contributed by atoms with Gasteiger partial charge in [-0.2, -0.15) is 0 Å². The molecule has 3 nitrogen and oxygen atoms in total. The average molecular weight is 204 g/mol. The van der Waals surface area contributed by atoms with Gasteiger partial charge in [0.2, 0.25) is 0 Å². The lowest BCUT2D eigenvalue weighted by Gasteiger charge is -2.07. The zero-order chi connectivity index (χ0) is 10.9. The zero-order valence-electron chi connectivity index (χ0n) is 7.22. The molecule has 76 valence electrons. The summed E-state index contributed by atoms with van der Waals surface area (Å²) in [6.07, 6.45) is -2.12. The normalized spacial score (nSPS) is 10.6. The molecule has 0 saturated carbocycles. The highest BCUT2D eigenvalue weighted by atomic mass is 19.3. The van der Waals surface area contributed by atoms with E-state index in [2.05, 4.69) is 4.98 Å². The Hall–Kier alpha value is -1.59. The summed E-state index contributed by atoms with van der Waals surface area (Å²) in [4.78, 5) is 14.0. The number of carbonyl (C=O) groups is 1. The van der Waals surface area contributed by atoms with Gasteiger partial charge in [0.15, 0.2) is 0 Å². The number of nitrogens with zero attached hydrogens (tertiary/aromatic N) is 1. The summed E-state index contributed by atoms with van der Waals surface area (Å²) in [5.41, 5.74) is 2.97. The molecule has 2 N–H and O–H groups in total. The highest BCUT2D eigenvalue weighted by Gasteiger charge is 2.23. The second-order valence-electron chi connectivity index (χ2n) is 2.68. The van der Waals surface area contributed by atoms with Gasteiger partial charge in [0.25, 0.3) is 12.3 Å². The van der Waals surface area contributed by atoms with Gasteiger partial charge >= 0.3 is 0 Å². The van der Waals surface area contributed by atoms with E-state index in [0.29, 0.717) is 0 Å². The molecular formula is C8H7F3N2O. The maximum atomic E-state index is 13.1. The molecule has 0 saturated heterocycles. The maximum Gasteiger partial charge on any atom is 0.268 e. The Morgan fingerprint density at radius 3 is 2.57 bits per heavy atom. The molecule has 1 aromatic rings. The van der Waals surface area contributed by atoms with Crippen molar-refractivity contribution in [3.05, 3.63) is 28.8 Å². The SMILES string of the molecule is Cc1cnc(C(N)=O)c(C(F)F)c1F. The predicted octanol–water partition coefficient (Wildman–Crippen LogP) is 1.57. The summed E-state index contributed by atoms with van der Waals surface area (Å²) in [6, 6.07) is 0. The van der Waals surface area contributed by atoms with Crippen molar-refractivity contribution >= 4 is 5.91 Å². The number of alkyl halides is 2. The lowest BCUT2D eigenvalue weighted by Crippen LogP contribution is -2.18. The monoisotopic (exact) mass is 204 g/mol. The third-order valence-electron chi connectivity index (χ3n) is 1.68. The number of primary amides is 1. The number of halogens is 3. The predicted molar refractivity (Wildman–Crippen MR) is 42.4 cm³/mol. The second kappa shape index (κ2) is 3.65. The number of nitrogens with two attached hydrogens (primary N) is 1. The van der Waals surface area contributed by atoms with E-state index in [-0.39, 0.29) is 5.56 Å². The van der Waals surface area contributed by atoms with Gasteiger partial charge in [-0.05, 0) is 6.92 Å². The number of carbonyl (C=O) groups excluding carboxylic acids is 1. The first-order valence-corrected chi connectivity index (χ1v) is 3.68. The fourth-order valence-corrected chi connectivity index (χ4v) is 0.999. The van der Waals surface area contributed by atoms with Gasteiger partial charge in [0.1, 0.15) is 11.5 Å². The Kier molecular flexibility index (Phi) is 2.73. The molecule has 0 fully saturated rings. The second-order valence-corrected chi connectivity index (χ2v) is 2.68.